The van der Waals surface area contributed by atoms with E-state index in [0.717, 1.165) is 21.5 Å². The van der Waals surface area contributed by atoms with Crippen molar-refractivity contribution in [2.75, 3.05) is 18.0 Å². The molecule has 0 aliphatic carbocycles. The third-order valence-corrected chi connectivity index (χ3v) is 9.23. The minimum absolute atomic E-state index is 0.0675. The summed E-state index contributed by atoms with van der Waals surface area (Å²) in [5, 5.41) is 14.6. The number of hydrogen-bond donors (Lipinski definition) is 1. The number of carbonyl (C=O) groups excluding carboxylic acids is 2. The molecular formula is C32H40N4O7S. The smallest absolute Gasteiger partial charge is 0.273 e. The monoisotopic (exact) mass is 624 g/mol. The van der Waals surface area contributed by atoms with E-state index in [4.69, 9.17) is 4.74 Å². The first-order valence-electron chi connectivity index (χ1n) is 14.4. The van der Waals surface area contributed by atoms with Crippen LogP contribution in [0.3, 0.4) is 0 Å². The summed E-state index contributed by atoms with van der Waals surface area (Å²) in [4.78, 5) is 39.6. The van der Waals surface area contributed by atoms with E-state index in [2.05, 4.69) is 5.32 Å². The summed E-state index contributed by atoms with van der Waals surface area (Å²) in [5.74, 6) is -0.481. The number of hydrogen-bond acceptors (Lipinski definition) is 7. The van der Waals surface area contributed by atoms with Crippen molar-refractivity contribution in [2.45, 2.75) is 71.0 Å². The zero-order chi connectivity index (χ0) is 32.6. The van der Waals surface area contributed by atoms with Gasteiger partial charge in [-0.25, -0.2) is 8.42 Å². The topological polar surface area (TPSA) is 139 Å². The summed E-state index contributed by atoms with van der Waals surface area (Å²) in [6.45, 7) is 8.46. The highest BCUT2D eigenvalue weighted by Gasteiger charge is 2.34. The Bertz CT molecular complexity index is 1580. The van der Waals surface area contributed by atoms with Gasteiger partial charge in [-0.05, 0) is 69.5 Å². The fraction of sp³-hybridized carbons (Fsp3) is 0.375. The molecule has 11 nitrogen and oxygen atoms in total. The summed E-state index contributed by atoms with van der Waals surface area (Å²) in [5.41, 5.74) is 1.88. The summed E-state index contributed by atoms with van der Waals surface area (Å²) < 4.78 is 34.3. The summed E-state index contributed by atoms with van der Waals surface area (Å²) in [6.07, 6.45) is 0.986. The first-order valence-corrected chi connectivity index (χ1v) is 15.8. The van der Waals surface area contributed by atoms with Gasteiger partial charge >= 0.3 is 0 Å². The zero-order valence-electron chi connectivity index (χ0n) is 25.9. The van der Waals surface area contributed by atoms with Gasteiger partial charge in [0.05, 0.1) is 22.6 Å². The van der Waals surface area contributed by atoms with E-state index in [9.17, 15) is 28.1 Å². The first kappa shape index (κ1) is 34.0. The number of nitrogens with one attached hydrogen (secondary N) is 1. The highest BCUT2D eigenvalue weighted by molar-refractivity contribution is 7.92. The quantitative estimate of drug-likeness (QED) is 0.194. The molecule has 0 saturated heterocycles. The van der Waals surface area contributed by atoms with E-state index in [1.807, 2.05) is 45.0 Å². The Morgan fingerprint density at radius 3 is 2.16 bits per heavy atom. The predicted molar refractivity (Wildman–Crippen MR) is 169 cm³/mol. The number of nitrogens with zero attached hydrogens (tertiary/aromatic N) is 3. The molecule has 44 heavy (non-hydrogen) atoms. The van der Waals surface area contributed by atoms with Crippen molar-refractivity contribution >= 4 is 33.2 Å². The molecule has 1 N–H and O–H groups in total. The molecule has 0 bridgehead atoms. The minimum atomic E-state index is -4.49. The standard InChI is InChI=1S/C32H40N4O7S/c1-7-24(5)33-32(38)29(8-2)34(20-25-12-9-22(3)10-13-25)31(37)21-35(26-14-16-27(43-6)17-15-26)44(41,42)28-18-11-23(4)30(19-28)36(39)40/h9-19,24,29H,7-8,20-21H2,1-6H3,(H,33,38)/t24-,29+/m1/s1. The lowest BCUT2D eigenvalue weighted by atomic mass is 10.1. The number of nitro benzene ring substituents is 1. The van der Waals surface area contributed by atoms with Crippen LogP contribution in [0.4, 0.5) is 11.4 Å². The van der Waals surface area contributed by atoms with Gasteiger partial charge in [0.2, 0.25) is 11.8 Å². The molecule has 0 heterocycles. The van der Waals surface area contributed by atoms with Crippen LogP contribution in [0.2, 0.25) is 0 Å². The number of methoxy groups -OCH3 is 1. The average Bonchev–Trinajstić information content (AvgIpc) is 3.00. The number of carbonyl (C=O) groups is 2. The number of amides is 2. The molecule has 0 radical (unpaired) electrons. The molecule has 12 heteroatoms. The number of rotatable bonds is 14. The summed E-state index contributed by atoms with van der Waals surface area (Å²) >= 11 is 0. The number of ether oxygens (including phenoxy) is 1. The molecule has 0 aliphatic heterocycles. The lowest BCUT2D eigenvalue weighted by Gasteiger charge is -2.33. The van der Waals surface area contributed by atoms with Gasteiger partial charge in [-0.2, -0.15) is 0 Å². The van der Waals surface area contributed by atoms with Crippen molar-refractivity contribution in [3.8, 4) is 5.75 Å². The molecule has 236 valence electrons. The van der Waals surface area contributed by atoms with E-state index in [-0.39, 0.29) is 34.8 Å². The molecule has 0 saturated carbocycles. The molecule has 0 spiro atoms. The zero-order valence-corrected chi connectivity index (χ0v) is 26.8. The molecule has 3 aromatic carbocycles. The van der Waals surface area contributed by atoms with Crippen molar-refractivity contribution in [3.05, 3.63) is 93.5 Å². The van der Waals surface area contributed by atoms with Crippen LogP contribution in [0.25, 0.3) is 0 Å². The van der Waals surface area contributed by atoms with Crippen LogP contribution in [0.5, 0.6) is 5.75 Å². The van der Waals surface area contributed by atoms with Crippen LogP contribution in [0.1, 0.15) is 50.3 Å². The second-order valence-corrected chi connectivity index (χ2v) is 12.5. The molecule has 0 aliphatic rings. The fourth-order valence-electron chi connectivity index (χ4n) is 4.60. The van der Waals surface area contributed by atoms with Crippen LogP contribution >= 0.6 is 0 Å². The van der Waals surface area contributed by atoms with E-state index in [1.165, 1.54) is 43.2 Å². The van der Waals surface area contributed by atoms with Crippen molar-refractivity contribution in [1.29, 1.82) is 0 Å². The van der Waals surface area contributed by atoms with E-state index in [1.54, 1.807) is 19.1 Å². The Labute approximate surface area is 259 Å². The van der Waals surface area contributed by atoms with Crippen LogP contribution in [0.15, 0.2) is 71.6 Å². The Morgan fingerprint density at radius 2 is 1.61 bits per heavy atom. The van der Waals surface area contributed by atoms with Gasteiger partial charge in [-0.1, -0.05) is 49.7 Å². The molecule has 3 aromatic rings. The van der Waals surface area contributed by atoms with Crippen molar-refractivity contribution in [2.24, 2.45) is 0 Å². The Balaban J connectivity index is 2.11. The van der Waals surface area contributed by atoms with E-state index < -0.39 is 33.4 Å². The first-order chi connectivity index (χ1) is 20.8. The number of benzene rings is 3. The molecule has 2 atom stereocenters. The largest absolute Gasteiger partial charge is 0.497 e. The third-order valence-electron chi connectivity index (χ3n) is 7.47. The van der Waals surface area contributed by atoms with Gasteiger partial charge in [-0.3, -0.25) is 24.0 Å². The summed E-state index contributed by atoms with van der Waals surface area (Å²) in [7, 11) is -3.02. The maximum Gasteiger partial charge on any atom is 0.273 e. The lowest BCUT2D eigenvalue weighted by Crippen LogP contribution is -2.53. The SMILES string of the molecule is CC[C@@H](C)NC(=O)[C@H](CC)N(Cc1ccc(C)cc1)C(=O)CN(c1ccc(OC)cc1)S(=O)(=O)c1ccc(C)c([N+](=O)[O-])c1. The molecular weight excluding hydrogens is 584 g/mol. The maximum atomic E-state index is 14.2. The summed E-state index contributed by atoms with van der Waals surface area (Å²) in [6, 6.07) is 16.2. The second-order valence-electron chi connectivity index (χ2n) is 10.7. The van der Waals surface area contributed by atoms with Gasteiger partial charge < -0.3 is 15.0 Å². The third kappa shape index (κ3) is 8.13. The van der Waals surface area contributed by atoms with Crippen molar-refractivity contribution < 1.29 is 27.7 Å². The van der Waals surface area contributed by atoms with Crippen molar-refractivity contribution in [3.63, 3.8) is 0 Å². The van der Waals surface area contributed by atoms with E-state index >= 15 is 0 Å². The second kappa shape index (κ2) is 14.8. The molecule has 0 aromatic heterocycles. The molecule has 2 amide bonds. The van der Waals surface area contributed by atoms with Gasteiger partial charge in [0.1, 0.15) is 18.3 Å². The van der Waals surface area contributed by atoms with Crippen LogP contribution in [-0.2, 0) is 26.2 Å². The fourth-order valence-corrected chi connectivity index (χ4v) is 6.04. The van der Waals surface area contributed by atoms with Crippen LogP contribution in [0, 0.1) is 24.0 Å². The van der Waals surface area contributed by atoms with Gasteiger partial charge in [0.15, 0.2) is 0 Å². The van der Waals surface area contributed by atoms with Gasteiger partial charge in [0.25, 0.3) is 15.7 Å². The lowest BCUT2D eigenvalue weighted by molar-refractivity contribution is -0.385. The number of anilines is 1. The highest BCUT2D eigenvalue weighted by Crippen LogP contribution is 2.29. The van der Waals surface area contributed by atoms with Gasteiger partial charge in [-0.15, -0.1) is 0 Å². The number of nitro groups is 1. The van der Waals surface area contributed by atoms with E-state index in [0.29, 0.717) is 24.2 Å². The van der Waals surface area contributed by atoms with Gasteiger partial charge in [0, 0.05) is 24.2 Å². The Morgan fingerprint density at radius 1 is 0.977 bits per heavy atom. The Kier molecular flexibility index (Phi) is 11.5. The predicted octanol–water partition coefficient (Wildman–Crippen LogP) is 5.14. The maximum absolute atomic E-state index is 14.2. The number of sulfonamides is 1. The minimum Gasteiger partial charge on any atom is -0.497 e. The normalized spacial score (nSPS) is 12.6. The van der Waals surface area contributed by atoms with Crippen molar-refractivity contribution in [1.82, 2.24) is 10.2 Å². The molecule has 0 fully saturated rings. The molecule has 0 unspecified atom stereocenters. The Hall–Kier alpha value is -4.45. The van der Waals surface area contributed by atoms with Crippen LogP contribution < -0.4 is 14.4 Å². The average molecular weight is 625 g/mol. The highest BCUT2D eigenvalue weighted by atomic mass is 32.2. The van der Waals surface area contributed by atoms with Crippen LogP contribution in [-0.4, -0.2) is 55.8 Å². The number of aryl methyl sites for hydroxylation is 2. The molecule has 3 rings (SSSR count).